The van der Waals surface area contributed by atoms with Crippen molar-refractivity contribution < 1.29 is 19.1 Å². The van der Waals surface area contributed by atoms with Crippen LogP contribution >= 0.6 is 0 Å². The molecule has 0 spiro atoms. The summed E-state index contributed by atoms with van der Waals surface area (Å²) in [6.07, 6.45) is 13.6. The largest absolute Gasteiger partial charge is 0.469 e. The average molecular weight is 389 g/mol. The van der Waals surface area contributed by atoms with Gasteiger partial charge in [-0.15, -0.1) is 0 Å². The predicted molar refractivity (Wildman–Crippen MR) is 105 cm³/mol. The average Bonchev–Trinajstić information content (AvgIpc) is 2.77. The maximum atomic E-state index is 13.7. The summed E-state index contributed by atoms with van der Waals surface area (Å²) in [5, 5.41) is 0. The third-order valence-electron chi connectivity index (χ3n) is 10.1. The smallest absolute Gasteiger partial charge is 0.312 e. The molecule has 0 aromatic carbocycles. The summed E-state index contributed by atoms with van der Waals surface area (Å²) in [7, 11) is 3.20. The number of carbonyl (C=O) groups excluding carboxylic acids is 2. The van der Waals surface area contributed by atoms with Crippen molar-refractivity contribution in [3.8, 4) is 0 Å². The van der Waals surface area contributed by atoms with Crippen molar-refractivity contribution in [2.75, 3.05) is 14.2 Å². The normalized spacial score (nSPS) is 49.4. The van der Waals surface area contributed by atoms with Crippen LogP contribution < -0.4 is 0 Å². The van der Waals surface area contributed by atoms with Crippen LogP contribution in [0.3, 0.4) is 0 Å². The maximum Gasteiger partial charge on any atom is 0.312 e. The minimum absolute atomic E-state index is 0.0661. The van der Waals surface area contributed by atoms with Crippen molar-refractivity contribution in [3.63, 3.8) is 0 Å². The molecule has 4 heteroatoms. The van der Waals surface area contributed by atoms with Crippen LogP contribution in [0.5, 0.6) is 0 Å². The van der Waals surface area contributed by atoms with Gasteiger partial charge >= 0.3 is 11.9 Å². The quantitative estimate of drug-likeness (QED) is 0.641. The molecule has 0 amide bonds. The van der Waals surface area contributed by atoms with E-state index in [0.29, 0.717) is 35.5 Å². The lowest BCUT2D eigenvalue weighted by Gasteiger charge is -2.75. The first-order valence-corrected chi connectivity index (χ1v) is 11.8. The molecule has 2 bridgehead atoms. The van der Waals surface area contributed by atoms with Crippen LogP contribution in [0, 0.1) is 46.3 Å². The molecule has 0 radical (unpaired) electrons. The Morgan fingerprint density at radius 1 is 0.536 bits per heavy atom. The highest BCUT2D eigenvalue weighted by molar-refractivity contribution is 5.84. The van der Waals surface area contributed by atoms with Gasteiger partial charge in [-0.25, -0.2) is 0 Å². The van der Waals surface area contributed by atoms with E-state index in [1.165, 1.54) is 38.5 Å². The summed E-state index contributed by atoms with van der Waals surface area (Å²) in [6, 6.07) is 0. The molecule has 0 aromatic rings. The monoisotopic (exact) mass is 388 g/mol. The summed E-state index contributed by atoms with van der Waals surface area (Å²) in [4.78, 5) is 27.4. The Morgan fingerprint density at radius 2 is 0.750 bits per heavy atom. The van der Waals surface area contributed by atoms with Gasteiger partial charge in [0.2, 0.25) is 0 Å². The lowest BCUT2D eigenvalue weighted by atomic mass is 9.27. The van der Waals surface area contributed by atoms with Gasteiger partial charge in [0.1, 0.15) is 0 Å². The van der Waals surface area contributed by atoms with Crippen molar-refractivity contribution in [2.24, 2.45) is 46.3 Å². The van der Waals surface area contributed by atoms with Gasteiger partial charge in [0.05, 0.1) is 25.0 Å². The molecule has 6 aliphatic carbocycles. The number of esters is 2. The minimum atomic E-state index is -0.341. The molecular formula is C24H36O4. The van der Waals surface area contributed by atoms with Crippen molar-refractivity contribution >= 4 is 11.9 Å². The van der Waals surface area contributed by atoms with Crippen LogP contribution in [-0.2, 0) is 19.1 Å². The lowest BCUT2D eigenvalue weighted by Crippen LogP contribution is -2.76. The van der Waals surface area contributed by atoms with Crippen molar-refractivity contribution in [1.29, 1.82) is 0 Å². The van der Waals surface area contributed by atoms with Gasteiger partial charge in [-0.3, -0.25) is 9.59 Å². The van der Waals surface area contributed by atoms with Gasteiger partial charge in [-0.2, -0.15) is 0 Å². The molecule has 6 fully saturated rings. The highest BCUT2D eigenvalue weighted by Gasteiger charge is 2.80. The molecule has 0 saturated heterocycles. The number of methoxy groups -OCH3 is 2. The van der Waals surface area contributed by atoms with Crippen LogP contribution in [0.25, 0.3) is 0 Å². The molecule has 0 aromatic heterocycles. The molecule has 4 nitrogen and oxygen atoms in total. The Kier molecular flexibility index (Phi) is 4.56. The maximum absolute atomic E-state index is 13.7. The van der Waals surface area contributed by atoms with Crippen LogP contribution in [0.2, 0.25) is 0 Å². The van der Waals surface area contributed by atoms with E-state index in [2.05, 4.69) is 0 Å². The zero-order valence-electron chi connectivity index (χ0n) is 17.6. The molecule has 6 unspecified atom stereocenters. The summed E-state index contributed by atoms with van der Waals surface area (Å²) < 4.78 is 11.2. The number of hydrogen-bond donors (Lipinski definition) is 0. The highest BCUT2D eigenvalue weighted by Crippen LogP contribution is 2.78. The zero-order chi connectivity index (χ0) is 19.5. The second-order valence-corrected chi connectivity index (χ2v) is 10.3. The molecule has 28 heavy (non-hydrogen) atoms. The first kappa shape index (κ1) is 18.9. The Morgan fingerprint density at radius 3 is 0.929 bits per heavy atom. The van der Waals surface area contributed by atoms with E-state index in [-0.39, 0.29) is 22.8 Å². The number of carbonyl (C=O) groups is 2. The van der Waals surface area contributed by atoms with Gasteiger partial charge in [-0.05, 0) is 74.0 Å². The second-order valence-electron chi connectivity index (χ2n) is 10.3. The zero-order valence-corrected chi connectivity index (χ0v) is 17.6. The molecule has 6 rings (SSSR count). The highest BCUT2D eigenvalue weighted by atomic mass is 16.5. The molecule has 0 aliphatic heterocycles. The number of ether oxygens (including phenoxy) is 2. The summed E-state index contributed by atoms with van der Waals surface area (Å²) in [6.45, 7) is 0. The van der Waals surface area contributed by atoms with Crippen molar-refractivity contribution in [3.05, 3.63) is 0 Å². The van der Waals surface area contributed by atoms with E-state index in [1.54, 1.807) is 14.2 Å². The SMILES string of the molecule is COC(=O)C12C3CCCCC3C(C(=O)OC)(C3CCCCC31)C1CCCCC12. The van der Waals surface area contributed by atoms with Crippen LogP contribution in [0.4, 0.5) is 0 Å². The summed E-state index contributed by atoms with van der Waals surface area (Å²) in [5.74, 6) is 2.00. The Bertz CT molecular complexity index is 536. The van der Waals surface area contributed by atoms with Gasteiger partial charge in [0.15, 0.2) is 0 Å². The third kappa shape index (κ3) is 2.03. The first-order chi connectivity index (χ1) is 13.6. The molecule has 0 heterocycles. The van der Waals surface area contributed by atoms with E-state index in [4.69, 9.17) is 9.47 Å². The van der Waals surface area contributed by atoms with E-state index in [1.807, 2.05) is 0 Å². The molecule has 6 saturated carbocycles. The van der Waals surface area contributed by atoms with E-state index >= 15 is 0 Å². The molecule has 0 N–H and O–H groups in total. The van der Waals surface area contributed by atoms with Gasteiger partial charge in [-0.1, -0.05) is 38.5 Å². The van der Waals surface area contributed by atoms with Crippen molar-refractivity contribution in [1.82, 2.24) is 0 Å². The third-order valence-corrected chi connectivity index (χ3v) is 10.1. The van der Waals surface area contributed by atoms with E-state index in [0.717, 1.165) is 38.5 Å². The first-order valence-electron chi connectivity index (χ1n) is 11.8. The van der Waals surface area contributed by atoms with E-state index < -0.39 is 0 Å². The summed E-state index contributed by atoms with van der Waals surface area (Å²) >= 11 is 0. The Balaban J connectivity index is 1.78. The van der Waals surface area contributed by atoms with Gasteiger partial charge < -0.3 is 9.47 Å². The predicted octanol–water partition coefficient (Wildman–Crippen LogP) is 4.75. The fraction of sp³-hybridized carbons (Fsp3) is 0.917. The fourth-order valence-electron chi connectivity index (χ4n) is 9.73. The number of rotatable bonds is 2. The molecule has 6 aliphatic rings. The van der Waals surface area contributed by atoms with Crippen LogP contribution in [0.15, 0.2) is 0 Å². The van der Waals surface area contributed by atoms with Crippen LogP contribution in [0.1, 0.15) is 77.0 Å². The number of hydrogen-bond acceptors (Lipinski definition) is 4. The minimum Gasteiger partial charge on any atom is -0.469 e. The van der Waals surface area contributed by atoms with Gasteiger partial charge in [0.25, 0.3) is 0 Å². The Hall–Kier alpha value is -1.06. The summed E-state index contributed by atoms with van der Waals surface area (Å²) in [5.41, 5.74) is -0.683. The van der Waals surface area contributed by atoms with Crippen LogP contribution in [-0.4, -0.2) is 26.2 Å². The van der Waals surface area contributed by atoms with Gasteiger partial charge in [0, 0.05) is 0 Å². The molecule has 6 atom stereocenters. The lowest BCUT2D eigenvalue weighted by molar-refractivity contribution is -0.291. The Labute approximate surface area is 169 Å². The second kappa shape index (κ2) is 6.74. The fourth-order valence-corrected chi connectivity index (χ4v) is 9.73. The topological polar surface area (TPSA) is 52.6 Å². The standard InChI is InChI=1S/C24H36O4/c1-27-21(25)23-15-9-3-6-12-18(15)24(22(26)28-2,19-13-7-4-10-16(19)23)20-14-8-5-11-17(20)23/h15-20H,3-14H2,1-2H3. The molecule has 156 valence electrons. The van der Waals surface area contributed by atoms with Crippen molar-refractivity contribution in [2.45, 2.75) is 77.0 Å². The van der Waals surface area contributed by atoms with E-state index in [9.17, 15) is 9.59 Å². The molecular weight excluding hydrogens is 352 g/mol.